The lowest BCUT2D eigenvalue weighted by atomic mass is 9.51. The van der Waals surface area contributed by atoms with Crippen molar-refractivity contribution in [3.8, 4) is 0 Å². The Kier molecular flexibility index (Phi) is 34.3. The van der Waals surface area contributed by atoms with Crippen molar-refractivity contribution >= 4 is 0 Å². The molecule has 0 bridgehead atoms. The number of aliphatic hydroxyl groups is 14. The van der Waals surface area contributed by atoms with Crippen LogP contribution in [0.4, 0.5) is 0 Å². The highest BCUT2D eigenvalue weighted by Gasteiger charge is 2.60. The minimum absolute atomic E-state index is 0.00324. The molecule has 14 N–H and O–H groups in total. The molecule has 4 saturated carbocycles. The van der Waals surface area contributed by atoms with E-state index in [1.807, 2.05) is 58.0 Å². The lowest BCUT2D eigenvalue weighted by Gasteiger charge is -2.59. The predicted molar refractivity (Wildman–Crippen MR) is 273 cm³/mol. The van der Waals surface area contributed by atoms with Crippen molar-refractivity contribution < 1.29 is 71.5 Å². The second kappa shape index (κ2) is 36.9. The molecule has 0 saturated heterocycles. The standard InChI is InChI=1S/2C8H16O2.C8H10O2.C8H16O2.C8H10O2.C8H16O2.C8H10O2/c1-7(2)5(9)8(3,4)6(7)10;2*9-5-7-1-2-8(6-10)4-3-7;2*9-5-7-2-1-3-8(4-7)6-10;2*9-5-7-3-1-2-4-8(7)6-10/h5-6,9-10H,1-4H3;7-10H,1-6H2;1-4,9-10H,5-6H2;7-10H,1-6H2;1-4,9-10H,5-6H2;7-10H,1-6H2;1-4,9-10H,5-6H2. The quantitative estimate of drug-likeness (QED) is 0.112. The van der Waals surface area contributed by atoms with Crippen molar-refractivity contribution in [1.29, 1.82) is 0 Å². The molecule has 0 aliphatic heterocycles. The van der Waals surface area contributed by atoms with Gasteiger partial charge in [-0.1, -0.05) is 120 Å². The Morgan fingerprint density at radius 3 is 0.971 bits per heavy atom. The number of hydrogen-bond donors (Lipinski definition) is 14. The number of aliphatic hydroxyl groups excluding tert-OH is 14. The number of hydrogen-bond acceptors (Lipinski definition) is 14. The van der Waals surface area contributed by atoms with E-state index >= 15 is 0 Å². The fourth-order valence-electron chi connectivity index (χ4n) is 9.66. The highest BCUT2D eigenvalue weighted by Crippen LogP contribution is 2.53. The van der Waals surface area contributed by atoms with Gasteiger partial charge in [-0.05, 0) is 127 Å². The molecule has 7 rings (SSSR count). The number of benzene rings is 3. The van der Waals surface area contributed by atoms with Crippen LogP contribution in [0.15, 0.2) is 72.8 Å². The third kappa shape index (κ3) is 23.3. The van der Waals surface area contributed by atoms with Gasteiger partial charge in [0.05, 0.1) is 51.8 Å². The van der Waals surface area contributed by atoms with E-state index in [2.05, 4.69) is 0 Å². The van der Waals surface area contributed by atoms with Crippen molar-refractivity contribution in [2.45, 2.75) is 157 Å². The van der Waals surface area contributed by atoms with E-state index in [4.69, 9.17) is 61.3 Å². The molecule has 402 valence electrons. The van der Waals surface area contributed by atoms with Crippen LogP contribution in [0.5, 0.6) is 0 Å². The summed E-state index contributed by atoms with van der Waals surface area (Å²) in [7, 11) is 0. The lowest BCUT2D eigenvalue weighted by Crippen LogP contribution is -2.67. The summed E-state index contributed by atoms with van der Waals surface area (Å²) in [6.45, 7) is 9.49. The topological polar surface area (TPSA) is 283 Å². The van der Waals surface area contributed by atoms with Crippen LogP contribution in [0, 0.1) is 46.3 Å². The van der Waals surface area contributed by atoms with Crippen LogP contribution >= 0.6 is 0 Å². The minimum atomic E-state index is -0.380. The van der Waals surface area contributed by atoms with Gasteiger partial charge in [0.1, 0.15) is 0 Å². The van der Waals surface area contributed by atoms with Gasteiger partial charge in [0, 0.05) is 50.5 Å². The Hall–Kier alpha value is -2.90. The molecule has 4 aliphatic carbocycles. The minimum Gasteiger partial charge on any atom is -0.396 e. The van der Waals surface area contributed by atoms with Crippen molar-refractivity contribution in [3.05, 3.63) is 106 Å². The SMILES string of the molecule is CC1(C)C(O)C(C)(C)C1O.OCC1CCC(CO)CC1.OCC1CCCC(CO)C1.OCC1CCCCC1CO.OCc1ccc(CO)cc1.OCc1cccc(CO)c1.OCc1ccccc1CO. The highest BCUT2D eigenvalue weighted by atomic mass is 16.3. The molecule has 14 nitrogen and oxygen atoms in total. The normalized spacial score (nSPS) is 24.9. The van der Waals surface area contributed by atoms with Gasteiger partial charge >= 0.3 is 0 Å². The molecular formula is C56H94O14. The second-order valence-electron chi connectivity index (χ2n) is 20.5. The molecule has 0 heterocycles. The maximum absolute atomic E-state index is 9.51. The van der Waals surface area contributed by atoms with Crippen LogP contribution in [0.3, 0.4) is 0 Å². The summed E-state index contributed by atoms with van der Waals surface area (Å²) < 4.78 is 0. The summed E-state index contributed by atoms with van der Waals surface area (Å²) in [5, 5.41) is 124. The summed E-state index contributed by atoms with van der Waals surface area (Å²) >= 11 is 0. The van der Waals surface area contributed by atoms with Crippen molar-refractivity contribution in [2.75, 3.05) is 39.6 Å². The zero-order valence-electron chi connectivity index (χ0n) is 42.8. The van der Waals surface area contributed by atoms with Gasteiger partial charge in [-0.15, -0.1) is 0 Å². The van der Waals surface area contributed by atoms with E-state index in [1.165, 1.54) is 19.3 Å². The maximum Gasteiger partial charge on any atom is 0.0691 e. The van der Waals surface area contributed by atoms with E-state index in [1.54, 1.807) is 42.5 Å². The molecule has 0 amide bonds. The first-order chi connectivity index (χ1) is 33.5. The van der Waals surface area contributed by atoms with Gasteiger partial charge in [0.2, 0.25) is 0 Å². The van der Waals surface area contributed by atoms with Gasteiger partial charge in [-0.2, -0.15) is 0 Å². The third-order valence-corrected chi connectivity index (χ3v) is 14.4. The molecule has 4 fully saturated rings. The summed E-state index contributed by atoms with van der Waals surface area (Å²) in [6, 6.07) is 21.7. The number of rotatable bonds is 12. The smallest absolute Gasteiger partial charge is 0.0691 e. The Labute approximate surface area is 419 Å². The average molecular weight is 991 g/mol. The van der Waals surface area contributed by atoms with Crippen LogP contribution in [0.25, 0.3) is 0 Å². The molecule has 14 heteroatoms. The fraction of sp³-hybridized carbons (Fsp3) is 0.679. The summed E-state index contributed by atoms with van der Waals surface area (Å²) in [5.41, 5.74) is 4.38. The van der Waals surface area contributed by atoms with Gasteiger partial charge in [0.25, 0.3) is 0 Å². The van der Waals surface area contributed by atoms with Gasteiger partial charge < -0.3 is 71.5 Å². The molecule has 4 unspecified atom stereocenters. The second-order valence-corrected chi connectivity index (χ2v) is 20.5. The molecule has 0 radical (unpaired) electrons. The van der Waals surface area contributed by atoms with Crippen LogP contribution in [0.2, 0.25) is 0 Å². The summed E-state index contributed by atoms with van der Waals surface area (Å²) in [6.07, 6.45) is 12.8. The zero-order valence-corrected chi connectivity index (χ0v) is 42.8. The van der Waals surface area contributed by atoms with Crippen molar-refractivity contribution in [3.63, 3.8) is 0 Å². The van der Waals surface area contributed by atoms with Gasteiger partial charge in [0.15, 0.2) is 0 Å². The summed E-state index contributed by atoms with van der Waals surface area (Å²) in [4.78, 5) is 0. The Morgan fingerprint density at radius 2 is 0.700 bits per heavy atom. The largest absolute Gasteiger partial charge is 0.396 e. The molecule has 0 spiro atoms. The van der Waals surface area contributed by atoms with Crippen LogP contribution in [-0.4, -0.2) is 123 Å². The van der Waals surface area contributed by atoms with Crippen LogP contribution < -0.4 is 0 Å². The van der Waals surface area contributed by atoms with Gasteiger partial charge in [-0.25, -0.2) is 0 Å². The first kappa shape index (κ1) is 65.1. The molecule has 4 aliphatic rings. The lowest BCUT2D eigenvalue weighted by molar-refractivity contribution is -0.247. The van der Waals surface area contributed by atoms with E-state index in [-0.39, 0.29) is 75.9 Å². The van der Waals surface area contributed by atoms with Crippen LogP contribution in [-0.2, 0) is 39.6 Å². The maximum atomic E-state index is 9.51. The molecule has 70 heavy (non-hydrogen) atoms. The highest BCUT2D eigenvalue weighted by molar-refractivity contribution is 5.25. The summed E-state index contributed by atoms with van der Waals surface area (Å²) in [5.74, 6) is 2.71. The molecular weight excluding hydrogens is 897 g/mol. The molecule has 0 aromatic heterocycles. The Bertz CT molecular complexity index is 1590. The first-order valence-electron chi connectivity index (χ1n) is 25.4. The molecule has 3 aromatic carbocycles. The van der Waals surface area contributed by atoms with Crippen LogP contribution in [0.1, 0.15) is 138 Å². The molecule has 4 atom stereocenters. The molecule has 3 aromatic rings. The van der Waals surface area contributed by atoms with E-state index in [0.29, 0.717) is 61.9 Å². The Balaban J connectivity index is 0.000000408. The Morgan fingerprint density at radius 1 is 0.357 bits per heavy atom. The third-order valence-electron chi connectivity index (χ3n) is 14.4. The monoisotopic (exact) mass is 991 g/mol. The van der Waals surface area contributed by atoms with Crippen molar-refractivity contribution in [2.24, 2.45) is 46.3 Å². The fourth-order valence-corrected chi connectivity index (χ4v) is 9.66. The predicted octanol–water partition coefficient (Wildman–Crippen LogP) is 5.12. The van der Waals surface area contributed by atoms with Crippen molar-refractivity contribution in [1.82, 2.24) is 0 Å². The van der Waals surface area contributed by atoms with E-state index in [9.17, 15) is 10.2 Å². The van der Waals surface area contributed by atoms with E-state index < -0.39 is 0 Å². The van der Waals surface area contributed by atoms with Gasteiger partial charge in [-0.3, -0.25) is 0 Å². The average Bonchev–Trinajstić information content (AvgIpc) is 3.43. The van der Waals surface area contributed by atoms with E-state index in [0.717, 1.165) is 91.2 Å². The first-order valence-corrected chi connectivity index (χ1v) is 25.4. The zero-order chi connectivity index (χ0) is 52.5.